The lowest BCUT2D eigenvalue weighted by atomic mass is 10.0. The molecule has 26 heavy (non-hydrogen) atoms. The molecule has 0 saturated carbocycles. The molecule has 0 bridgehead atoms. The average molecular weight is 345 g/mol. The van der Waals surface area contributed by atoms with E-state index in [4.69, 9.17) is 4.42 Å². The molecule has 0 aliphatic rings. The van der Waals surface area contributed by atoms with Gasteiger partial charge in [0.05, 0.1) is 16.5 Å². The van der Waals surface area contributed by atoms with Gasteiger partial charge < -0.3 is 9.52 Å². The van der Waals surface area contributed by atoms with E-state index in [1.165, 1.54) is 24.4 Å². The van der Waals surface area contributed by atoms with Crippen LogP contribution in [0.1, 0.15) is 27.0 Å². The highest BCUT2D eigenvalue weighted by Gasteiger charge is 2.17. The molecule has 0 saturated heterocycles. The third kappa shape index (κ3) is 2.45. The summed E-state index contributed by atoms with van der Waals surface area (Å²) in [5.74, 6) is -0.522. The van der Waals surface area contributed by atoms with Gasteiger partial charge in [0.15, 0.2) is 5.78 Å². The minimum atomic E-state index is -0.546. The summed E-state index contributed by atoms with van der Waals surface area (Å²) in [5.41, 5.74) is 2.87. The van der Waals surface area contributed by atoms with E-state index < -0.39 is 11.4 Å². The predicted molar refractivity (Wildman–Crippen MR) is 98.8 cm³/mol. The largest absolute Gasteiger partial charge is 0.507 e. The number of phenols is 1. The number of hydrogen-bond acceptors (Lipinski definition) is 5. The Labute approximate surface area is 148 Å². The first kappa shape index (κ1) is 16.0. The third-order valence-electron chi connectivity index (χ3n) is 4.57. The molecule has 5 nitrogen and oxygen atoms in total. The van der Waals surface area contributed by atoms with Gasteiger partial charge in [-0.15, -0.1) is 0 Å². The van der Waals surface area contributed by atoms with Crippen LogP contribution in [0.25, 0.3) is 21.9 Å². The molecule has 0 unspecified atom stereocenters. The SMILES string of the molecule is Cc1cc2oc(=O)c3cc(C(=O)c4ccccc4O)cnc3c2cc1C. The second-order valence-corrected chi connectivity index (χ2v) is 6.29. The van der Waals surface area contributed by atoms with Crippen LogP contribution in [0, 0.1) is 13.8 Å². The number of nitrogens with zero attached hydrogens (tertiary/aromatic N) is 1. The number of benzene rings is 2. The van der Waals surface area contributed by atoms with Gasteiger partial charge in [0.1, 0.15) is 11.3 Å². The number of rotatable bonds is 2. The Morgan fingerprint density at radius 1 is 1.04 bits per heavy atom. The lowest BCUT2D eigenvalue weighted by Gasteiger charge is -2.07. The first-order chi connectivity index (χ1) is 12.5. The molecule has 128 valence electrons. The molecule has 2 aromatic heterocycles. The van der Waals surface area contributed by atoms with Crippen LogP contribution in [0.3, 0.4) is 0 Å². The van der Waals surface area contributed by atoms with Crippen LogP contribution in [-0.2, 0) is 0 Å². The second kappa shape index (κ2) is 5.81. The first-order valence-corrected chi connectivity index (χ1v) is 8.12. The summed E-state index contributed by atoms with van der Waals surface area (Å²) < 4.78 is 5.42. The van der Waals surface area contributed by atoms with Gasteiger partial charge in [0, 0.05) is 17.1 Å². The number of fused-ring (bicyclic) bond motifs is 3. The molecular weight excluding hydrogens is 330 g/mol. The zero-order valence-electron chi connectivity index (χ0n) is 14.2. The lowest BCUT2D eigenvalue weighted by Crippen LogP contribution is -2.07. The molecule has 4 aromatic rings. The van der Waals surface area contributed by atoms with Gasteiger partial charge in [0.25, 0.3) is 0 Å². The average Bonchev–Trinajstić information content (AvgIpc) is 2.63. The van der Waals surface area contributed by atoms with E-state index in [-0.39, 0.29) is 22.3 Å². The molecule has 0 aliphatic heterocycles. The van der Waals surface area contributed by atoms with E-state index in [0.717, 1.165) is 16.5 Å². The van der Waals surface area contributed by atoms with E-state index in [0.29, 0.717) is 11.1 Å². The molecule has 4 rings (SSSR count). The Morgan fingerprint density at radius 2 is 1.77 bits per heavy atom. The van der Waals surface area contributed by atoms with Crippen LogP contribution in [0.15, 0.2) is 57.9 Å². The maximum Gasteiger partial charge on any atom is 0.345 e. The smallest absolute Gasteiger partial charge is 0.345 e. The molecule has 2 heterocycles. The molecule has 2 aromatic carbocycles. The van der Waals surface area contributed by atoms with Crippen LogP contribution in [0.4, 0.5) is 0 Å². The molecule has 0 atom stereocenters. The summed E-state index contributed by atoms with van der Waals surface area (Å²) in [6.07, 6.45) is 1.42. The summed E-state index contributed by atoms with van der Waals surface area (Å²) in [6, 6.07) is 11.5. The Kier molecular flexibility index (Phi) is 3.58. The van der Waals surface area contributed by atoms with E-state index in [1.54, 1.807) is 12.1 Å². The highest BCUT2D eigenvalue weighted by Crippen LogP contribution is 2.26. The molecular formula is C21H15NO4. The van der Waals surface area contributed by atoms with Crippen molar-refractivity contribution < 1.29 is 14.3 Å². The van der Waals surface area contributed by atoms with E-state index >= 15 is 0 Å². The predicted octanol–water partition coefficient (Wildman–Crippen LogP) is 3.89. The van der Waals surface area contributed by atoms with E-state index in [9.17, 15) is 14.7 Å². The van der Waals surface area contributed by atoms with Gasteiger partial charge in [-0.2, -0.15) is 0 Å². The summed E-state index contributed by atoms with van der Waals surface area (Å²) in [6.45, 7) is 3.92. The number of aromatic nitrogens is 1. The molecule has 0 spiro atoms. The van der Waals surface area contributed by atoms with Crippen molar-refractivity contribution in [2.75, 3.05) is 0 Å². The van der Waals surface area contributed by atoms with Gasteiger partial charge >= 0.3 is 5.63 Å². The molecule has 5 heteroatoms. The van der Waals surface area contributed by atoms with Crippen molar-refractivity contribution in [3.63, 3.8) is 0 Å². The normalized spacial score (nSPS) is 11.2. The Balaban J connectivity index is 1.96. The standard InChI is InChI=1S/C21H15NO4/c1-11-7-15-18(8-12(11)2)26-21(25)16-9-13(10-22-19(15)16)20(24)14-5-3-4-6-17(14)23/h3-10,23H,1-2H3. The monoisotopic (exact) mass is 345 g/mol. The fourth-order valence-corrected chi connectivity index (χ4v) is 2.99. The van der Waals surface area contributed by atoms with E-state index in [1.807, 2.05) is 26.0 Å². The van der Waals surface area contributed by atoms with Crippen LogP contribution in [-0.4, -0.2) is 15.9 Å². The van der Waals surface area contributed by atoms with Gasteiger partial charge in [-0.25, -0.2) is 4.79 Å². The van der Waals surface area contributed by atoms with Crippen molar-refractivity contribution in [1.82, 2.24) is 4.98 Å². The second-order valence-electron chi connectivity index (χ2n) is 6.29. The Hall–Kier alpha value is -3.47. The number of aromatic hydroxyl groups is 1. The van der Waals surface area contributed by atoms with Crippen molar-refractivity contribution in [1.29, 1.82) is 0 Å². The van der Waals surface area contributed by atoms with Crippen LogP contribution in [0.5, 0.6) is 5.75 Å². The fraction of sp³-hybridized carbons (Fsp3) is 0.0952. The molecule has 0 aliphatic carbocycles. The number of para-hydroxylation sites is 1. The van der Waals surface area contributed by atoms with Crippen LogP contribution >= 0.6 is 0 Å². The maximum absolute atomic E-state index is 12.7. The zero-order chi connectivity index (χ0) is 18.4. The number of carbonyl (C=O) groups excluding carboxylic acids is 1. The quantitative estimate of drug-likeness (QED) is 0.339. The maximum atomic E-state index is 12.7. The first-order valence-electron chi connectivity index (χ1n) is 8.12. The van der Waals surface area contributed by atoms with Crippen molar-refractivity contribution >= 4 is 27.7 Å². The zero-order valence-corrected chi connectivity index (χ0v) is 14.2. The summed E-state index contributed by atoms with van der Waals surface area (Å²) >= 11 is 0. The summed E-state index contributed by atoms with van der Waals surface area (Å²) in [7, 11) is 0. The third-order valence-corrected chi connectivity index (χ3v) is 4.57. The number of pyridine rings is 1. The van der Waals surface area contributed by atoms with Gasteiger partial charge in [-0.1, -0.05) is 12.1 Å². The summed E-state index contributed by atoms with van der Waals surface area (Å²) in [4.78, 5) is 29.4. The van der Waals surface area contributed by atoms with Crippen molar-refractivity contribution in [3.8, 4) is 5.75 Å². The number of hydrogen-bond donors (Lipinski definition) is 1. The highest BCUT2D eigenvalue weighted by molar-refractivity contribution is 6.12. The minimum absolute atomic E-state index is 0.116. The Bertz CT molecular complexity index is 1250. The molecule has 0 radical (unpaired) electrons. The number of aryl methyl sites for hydroxylation is 2. The fourth-order valence-electron chi connectivity index (χ4n) is 2.99. The molecule has 0 fully saturated rings. The van der Waals surface area contributed by atoms with Crippen molar-refractivity contribution in [2.24, 2.45) is 0 Å². The number of phenolic OH excluding ortho intramolecular Hbond substituents is 1. The topological polar surface area (TPSA) is 80.4 Å². The minimum Gasteiger partial charge on any atom is -0.507 e. The number of carbonyl (C=O) groups is 1. The summed E-state index contributed by atoms with van der Waals surface area (Å²) in [5, 5.41) is 10.9. The number of ketones is 1. The van der Waals surface area contributed by atoms with Crippen molar-refractivity contribution in [2.45, 2.75) is 13.8 Å². The molecule has 1 N–H and O–H groups in total. The lowest BCUT2D eigenvalue weighted by molar-refractivity contribution is 0.103. The van der Waals surface area contributed by atoms with Gasteiger partial charge in [-0.05, 0) is 55.3 Å². The van der Waals surface area contributed by atoms with Crippen LogP contribution < -0.4 is 5.63 Å². The Morgan fingerprint density at radius 3 is 2.54 bits per heavy atom. The highest BCUT2D eigenvalue weighted by atomic mass is 16.4. The van der Waals surface area contributed by atoms with E-state index in [2.05, 4.69) is 4.98 Å². The van der Waals surface area contributed by atoms with Crippen LogP contribution in [0.2, 0.25) is 0 Å². The van der Waals surface area contributed by atoms with Gasteiger partial charge in [0.2, 0.25) is 0 Å². The molecule has 0 amide bonds. The van der Waals surface area contributed by atoms with Crippen molar-refractivity contribution in [3.05, 3.63) is 81.3 Å². The van der Waals surface area contributed by atoms with Gasteiger partial charge in [-0.3, -0.25) is 9.78 Å².